The summed E-state index contributed by atoms with van der Waals surface area (Å²) in [6.45, 7) is 0.648. The van der Waals surface area contributed by atoms with Crippen molar-refractivity contribution in [3.05, 3.63) is 36.2 Å². The molecule has 0 radical (unpaired) electrons. The summed E-state index contributed by atoms with van der Waals surface area (Å²) < 4.78 is 0. The number of hydrogen-bond acceptors (Lipinski definition) is 6. The molecule has 0 bridgehead atoms. The molecule has 0 unspecified atom stereocenters. The minimum absolute atomic E-state index is 0.648. The van der Waals surface area contributed by atoms with Crippen molar-refractivity contribution in [3.63, 3.8) is 0 Å². The molecule has 2 heterocycles. The first-order valence-electron chi connectivity index (χ1n) is 5.56. The van der Waals surface area contributed by atoms with Crippen LogP contribution in [-0.4, -0.2) is 28.3 Å². The Morgan fingerprint density at radius 1 is 1.22 bits per heavy atom. The predicted molar refractivity (Wildman–Crippen MR) is 74.9 cm³/mol. The van der Waals surface area contributed by atoms with Gasteiger partial charge >= 0.3 is 0 Å². The van der Waals surface area contributed by atoms with Crippen LogP contribution < -0.4 is 10.6 Å². The molecule has 2 N–H and O–H groups in total. The molecule has 0 saturated carbocycles. The van der Waals surface area contributed by atoms with Gasteiger partial charge in [0.25, 0.3) is 0 Å². The summed E-state index contributed by atoms with van der Waals surface area (Å²) in [6, 6.07) is 7.72. The van der Waals surface area contributed by atoms with Gasteiger partial charge in [-0.05, 0) is 18.4 Å². The zero-order chi connectivity index (χ0) is 12.8. The van der Waals surface area contributed by atoms with Crippen molar-refractivity contribution in [2.75, 3.05) is 23.9 Å². The zero-order valence-corrected chi connectivity index (χ0v) is 11.2. The highest BCUT2D eigenvalue weighted by Gasteiger charge is 2.03. The normalized spacial score (nSPS) is 10.1. The summed E-state index contributed by atoms with van der Waals surface area (Å²) in [4.78, 5) is 13.0. The van der Waals surface area contributed by atoms with E-state index in [0.717, 1.165) is 22.5 Å². The van der Waals surface area contributed by atoms with Gasteiger partial charge in [0.1, 0.15) is 11.6 Å². The van der Waals surface area contributed by atoms with Crippen LogP contribution >= 0.6 is 11.8 Å². The number of nitrogens with zero attached hydrogens (tertiary/aromatic N) is 3. The Kier molecular flexibility index (Phi) is 4.35. The topological polar surface area (TPSA) is 62.7 Å². The molecule has 0 fully saturated rings. The number of aromatic nitrogens is 3. The van der Waals surface area contributed by atoms with Gasteiger partial charge in [0.15, 0.2) is 5.16 Å². The molecule has 0 aromatic carbocycles. The fraction of sp³-hybridized carbons (Fsp3) is 0.250. The number of pyridine rings is 1. The Morgan fingerprint density at radius 2 is 2.06 bits per heavy atom. The lowest BCUT2D eigenvalue weighted by Gasteiger charge is -2.08. The van der Waals surface area contributed by atoms with Gasteiger partial charge in [0.05, 0.1) is 12.2 Å². The molecule has 2 aromatic rings. The average molecular weight is 261 g/mol. The standard InChI is InChI=1S/C12H15N5S/c1-13-10-7-11(17-12(16-10)18-2)15-8-9-5-3-4-6-14-9/h3-7H,8H2,1-2H3,(H2,13,15,16,17). The van der Waals surface area contributed by atoms with Crippen LogP contribution in [0.4, 0.5) is 11.6 Å². The van der Waals surface area contributed by atoms with Crippen molar-refractivity contribution in [2.24, 2.45) is 0 Å². The quantitative estimate of drug-likeness (QED) is 0.636. The van der Waals surface area contributed by atoms with Crippen LogP contribution in [0.5, 0.6) is 0 Å². The summed E-state index contributed by atoms with van der Waals surface area (Å²) in [5.41, 5.74) is 0.979. The van der Waals surface area contributed by atoms with Crippen LogP contribution in [0.3, 0.4) is 0 Å². The first-order chi connectivity index (χ1) is 8.81. The van der Waals surface area contributed by atoms with E-state index >= 15 is 0 Å². The summed E-state index contributed by atoms with van der Waals surface area (Å²) in [6.07, 6.45) is 3.74. The fourth-order valence-corrected chi connectivity index (χ4v) is 1.80. The maximum absolute atomic E-state index is 4.39. The van der Waals surface area contributed by atoms with E-state index in [1.165, 1.54) is 11.8 Å². The minimum Gasteiger partial charge on any atom is -0.373 e. The SMILES string of the molecule is CNc1cc(NCc2ccccn2)nc(SC)n1. The van der Waals surface area contributed by atoms with E-state index in [-0.39, 0.29) is 0 Å². The molecule has 2 rings (SSSR count). The second-order valence-corrected chi connectivity index (χ2v) is 4.32. The molecule has 5 nitrogen and oxygen atoms in total. The summed E-state index contributed by atoms with van der Waals surface area (Å²) in [7, 11) is 1.84. The maximum Gasteiger partial charge on any atom is 0.191 e. The second kappa shape index (κ2) is 6.20. The Morgan fingerprint density at radius 3 is 2.72 bits per heavy atom. The molecule has 6 heteroatoms. The lowest BCUT2D eigenvalue weighted by molar-refractivity contribution is 0.947. The number of anilines is 2. The molecule has 18 heavy (non-hydrogen) atoms. The van der Waals surface area contributed by atoms with Crippen molar-refractivity contribution in [2.45, 2.75) is 11.7 Å². The molecule has 0 aliphatic rings. The van der Waals surface area contributed by atoms with Gasteiger partial charge < -0.3 is 10.6 Å². The van der Waals surface area contributed by atoms with E-state index in [9.17, 15) is 0 Å². The Labute approximate surface area is 110 Å². The highest BCUT2D eigenvalue weighted by molar-refractivity contribution is 7.98. The molecular formula is C12H15N5S. The van der Waals surface area contributed by atoms with Gasteiger partial charge in [-0.1, -0.05) is 17.8 Å². The first kappa shape index (κ1) is 12.6. The van der Waals surface area contributed by atoms with E-state index in [0.29, 0.717) is 6.54 Å². The third-order valence-corrected chi connectivity index (χ3v) is 2.87. The number of thioether (sulfide) groups is 1. The summed E-state index contributed by atoms with van der Waals surface area (Å²) >= 11 is 1.52. The second-order valence-electron chi connectivity index (χ2n) is 3.55. The highest BCUT2D eigenvalue weighted by Crippen LogP contribution is 2.17. The third kappa shape index (κ3) is 3.33. The molecule has 0 spiro atoms. The van der Waals surface area contributed by atoms with Crippen LogP contribution in [-0.2, 0) is 6.54 Å². The van der Waals surface area contributed by atoms with Gasteiger partial charge in [-0.15, -0.1) is 0 Å². The lowest BCUT2D eigenvalue weighted by Crippen LogP contribution is -2.05. The molecule has 94 valence electrons. The van der Waals surface area contributed by atoms with Crippen LogP contribution in [0.25, 0.3) is 0 Å². The van der Waals surface area contributed by atoms with E-state index < -0.39 is 0 Å². The maximum atomic E-state index is 4.39. The number of rotatable bonds is 5. The lowest BCUT2D eigenvalue weighted by atomic mass is 10.3. The molecule has 0 saturated heterocycles. The first-order valence-corrected chi connectivity index (χ1v) is 6.79. The van der Waals surface area contributed by atoms with Crippen LogP contribution in [0, 0.1) is 0 Å². The largest absolute Gasteiger partial charge is 0.373 e. The summed E-state index contributed by atoms with van der Waals surface area (Å²) in [5, 5.41) is 7.00. The van der Waals surface area contributed by atoms with E-state index in [1.807, 2.05) is 37.6 Å². The van der Waals surface area contributed by atoms with Gasteiger partial charge in [0.2, 0.25) is 0 Å². The van der Waals surface area contributed by atoms with E-state index in [2.05, 4.69) is 25.6 Å². The fourth-order valence-electron chi connectivity index (χ4n) is 1.42. The van der Waals surface area contributed by atoms with Crippen LogP contribution in [0.1, 0.15) is 5.69 Å². The number of hydrogen-bond donors (Lipinski definition) is 2. The number of nitrogens with one attached hydrogen (secondary N) is 2. The van der Waals surface area contributed by atoms with Crippen LogP contribution in [0.15, 0.2) is 35.6 Å². The van der Waals surface area contributed by atoms with E-state index in [4.69, 9.17) is 0 Å². The molecule has 2 aromatic heterocycles. The van der Waals surface area contributed by atoms with Gasteiger partial charge in [-0.3, -0.25) is 4.98 Å². The highest BCUT2D eigenvalue weighted by atomic mass is 32.2. The minimum atomic E-state index is 0.648. The molecule has 0 aliphatic heterocycles. The van der Waals surface area contributed by atoms with Gasteiger partial charge in [-0.2, -0.15) is 0 Å². The molecule has 0 atom stereocenters. The third-order valence-electron chi connectivity index (χ3n) is 2.32. The van der Waals surface area contributed by atoms with Gasteiger partial charge in [0, 0.05) is 19.3 Å². The zero-order valence-electron chi connectivity index (χ0n) is 10.3. The Hall–Kier alpha value is -1.82. The molecule has 0 aliphatic carbocycles. The Balaban J connectivity index is 2.09. The van der Waals surface area contributed by atoms with Crippen molar-refractivity contribution in [1.29, 1.82) is 0 Å². The predicted octanol–water partition coefficient (Wildman–Crippen LogP) is 2.25. The van der Waals surface area contributed by atoms with Crippen molar-refractivity contribution in [1.82, 2.24) is 15.0 Å². The van der Waals surface area contributed by atoms with Crippen molar-refractivity contribution < 1.29 is 0 Å². The average Bonchev–Trinajstić information content (AvgIpc) is 2.45. The smallest absolute Gasteiger partial charge is 0.191 e. The van der Waals surface area contributed by atoms with E-state index in [1.54, 1.807) is 6.20 Å². The van der Waals surface area contributed by atoms with Crippen molar-refractivity contribution in [3.8, 4) is 0 Å². The molecular weight excluding hydrogens is 246 g/mol. The van der Waals surface area contributed by atoms with Gasteiger partial charge in [-0.25, -0.2) is 9.97 Å². The van der Waals surface area contributed by atoms with Crippen molar-refractivity contribution >= 4 is 23.4 Å². The Bertz CT molecular complexity index is 481. The monoisotopic (exact) mass is 261 g/mol. The summed E-state index contributed by atoms with van der Waals surface area (Å²) in [5.74, 6) is 1.60. The molecule has 0 amide bonds. The van der Waals surface area contributed by atoms with Crippen LogP contribution in [0.2, 0.25) is 0 Å².